The molecule has 0 aromatic heterocycles. The number of rotatable bonds is 1. The molecule has 0 amide bonds. The van der Waals surface area contributed by atoms with Crippen molar-refractivity contribution < 1.29 is 9.53 Å². The van der Waals surface area contributed by atoms with Crippen molar-refractivity contribution in [2.24, 2.45) is 0 Å². The monoisotopic (exact) mass is 274 g/mol. The summed E-state index contributed by atoms with van der Waals surface area (Å²) in [7, 11) is 0. The summed E-state index contributed by atoms with van der Waals surface area (Å²) >= 11 is 0. The van der Waals surface area contributed by atoms with Crippen LogP contribution in [0.5, 0.6) is 0 Å². The lowest BCUT2D eigenvalue weighted by Gasteiger charge is -2.13. The summed E-state index contributed by atoms with van der Waals surface area (Å²) in [5.41, 5.74) is 2.59. The Morgan fingerprint density at radius 1 is 1.10 bits per heavy atom. The van der Waals surface area contributed by atoms with Gasteiger partial charge in [0.2, 0.25) is 0 Å². The molecule has 2 aliphatic rings. The maximum absolute atomic E-state index is 11.1. The third-order valence-electron chi connectivity index (χ3n) is 4.03. The highest BCUT2D eigenvalue weighted by Crippen LogP contribution is 2.23. The second-order valence-electron chi connectivity index (χ2n) is 5.37. The van der Waals surface area contributed by atoms with Gasteiger partial charge in [0.25, 0.3) is 0 Å². The molecule has 0 saturated heterocycles. The second-order valence-corrected chi connectivity index (χ2v) is 5.37. The first-order chi connectivity index (χ1) is 10.2. The molecule has 102 valence electrons. The minimum atomic E-state index is -0.278. The summed E-state index contributed by atoms with van der Waals surface area (Å²) in [4.78, 5) is 11.1. The van der Waals surface area contributed by atoms with E-state index in [9.17, 15) is 4.79 Å². The average molecular weight is 274 g/mol. The van der Waals surface area contributed by atoms with Crippen LogP contribution in [0.4, 0.5) is 0 Å². The number of fused-ring (bicyclic) bond motifs is 5. The lowest BCUT2D eigenvalue weighted by atomic mass is 9.94. The van der Waals surface area contributed by atoms with Crippen LogP contribution in [0, 0.1) is 0 Å². The fourth-order valence-electron chi connectivity index (χ4n) is 3.12. The van der Waals surface area contributed by atoms with Gasteiger partial charge in [-0.05, 0) is 50.9 Å². The van der Waals surface area contributed by atoms with E-state index >= 15 is 0 Å². The molecule has 2 aromatic carbocycles. The van der Waals surface area contributed by atoms with Gasteiger partial charge in [-0.2, -0.15) is 0 Å². The highest BCUT2D eigenvalue weighted by molar-refractivity contribution is 5.96. The Morgan fingerprint density at radius 3 is 2.76 bits per heavy atom. The van der Waals surface area contributed by atoms with E-state index in [1.54, 1.807) is 0 Å². The SMILES string of the molecule is CC(=O)OC1=CCc2c(ccc3c4c(ccc23)=CC=C4)=C1. The van der Waals surface area contributed by atoms with Gasteiger partial charge < -0.3 is 4.74 Å². The molecule has 0 atom stereocenters. The normalized spacial score (nSPS) is 14.8. The van der Waals surface area contributed by atoms with E-state index in [1.807, 2.05) is 12.2 Å². The van der Waals surface area contributed by atoms with Crippen molar-refractivity contribution in [2.45, 2.75) is 13.3 Å². The van der Waals surface area contributed by atoms with Gasteiger partial charge in [-0.25, -0.2) is 0 Å². The van der Waals surface area contributed by atoms with Gasteiger partial charge in [-0.1, -0.05) is 42.5 Å². The summed E-state index contributed by atoms with van der Waals surface area (Å²) in [5, 5.41) is 4.97. The van der Waals surface area contributed by atoms with Gasteiger partial charge in [-0.3, -0.25) is 4.79 Å². The van der Waals surface area contributed by atoms with E-state index in [0.29, 0.717) is 5.76 Å². The Balaban J connectivity index is 1.94. The fraction of sp³-hybridized carbons (Fsp3) is 0.105. The molecule has 2 heteroatoms. The molecule has 2 aliphatic carbocycles. The highest BCUT2D eigenvalue weighted by Gasteiger charge is 2.12. The Morgan fingerprint density at radius 2 is 1.90 bits per heavy atom. The number of esters is 1. The summed E-state index contributed by atoms with van der Waals surface area (Å²) in [5.74, 6) is 0.365. The summed E-state index contributed by atoms with van der Waals surface area (Å²) in [6.07, 6.45) is 11.1. The zero-order valence-corrected chi connectivity index (χ0v) is 11.7. The van der Waals surface area contributed by atoms with Crippen molar-refractivity contribution in [3.05, 3.63) is 63.7 Å². The number of carbonyl (C=O) groups is 1. The standard InChI is InChI=1S/C19H14O2/c1-12(20)21-15-7-10-17-14(11-15)6-9-18-16-4-2-3-13(16)5-8-19(17)18/h2-9,11H,10H2,1H3. The van der Waals surface area contributed by atoms with Gasteiger partial charge >= 0.3 is 5.97 Å². The van der Waals surface area contributed by atoms with E-state index < -0.39 is 0 Å². The number of ether oxygens (including phenoxy) is 1. The van der Waals surface area contributed by atoms with Crippen molar-refractivity contribution in [1.82, 2.24) is 0 Å². The zero-order chi connectivity index (χ0) is 14.4. The van der Waals surface area contributed by atoms with Crippen molar-refractivity contribution in [2.75, 3.05) is 0 Å². The number of allylic oxidation sites excluding steroid dienone is 3. The van der Waals surface area contributed by atoms with Crippen LogP contribution in [0.15, 0.2) is 42.2 Å². The third-order valence-corrected chi connectivity index (χ3v) is 4.03. The van der Waals surface area contributed by atoms with E-state index in [2.05, 4.69) is 42.5 Å². The molecule has 0 N–H and O–H groups in total. The molecule has 0 bridgehead atoms. The predicted octanol–water partition coefficient (Wildman–Crippen LogP) is 2.43. The topological polar surface area (TPSA) is 26.3 Å². The van der Waals surface area contributed by atoms with Crippen LogP contribution in [0.3, 0.4) is 0 Å². The minimum Gasteiger partial charge on any atom is -0.427 e. The molecule has 0 spiro atoms. The van der Waals surface area contributed by atoms with Crippen LogP contribution >= 0.6 is 0 Å². The van der Waals surface area contributed by atoms with Crippen molar-refractivity contribution in [1.29, 1.82) is 0 Å². The van der Waals surface area contributed by atoms with Gasteiger partial charge in [0.1, 0.15) is 5.76 Å². The van der Waals surface area contributed by atoms with Gasteiger partial charge in [0.15, 0.2) is 0 Å². The molecule has 0 fully saturated rings. The lowest BCUT2D eigenvalue weighted by molar-refractivity contribution is -0.136. The van der Waals surface area contributed by atoms with Crippen molar-refractivity contribution in [3.8, 4) is 0 Å². The van der Waals surface area contributed by atoms with Crippen molar-refractivity contribution in [3.63, 3.8) is 0 Å². The van der Waals surface area contributed by atoms with Crippen molar-refractivity contribution >= 4 is 35.0 Å². The Labute approximate surface area is 122 Å². The number of hydrogen-bond acceptors (Lipinski definition) is 2. The van der Waals surface area contributed by atoms with E-state index in [4.69, 9.17) is 4.74 Å². The number of carbonyl (C=O) groups excluding carboxylic acids is 1. The molecular formula is C19H14O2. The predicted molar refractivity (Wildman–Crippen MR) is 84.7 cm³/mol. The zero-order valence-electron chi connectivity index (χ0n) is 11.7. The summed E-state index contributed by atoms with van der Waals surface area (Å²) in [6, 6.07) is 8.63. The molecule has 0 heterocycles. The largest absolute Gasteiger partial charge is 0.427 e. The Bertz CT molecular complexity index is 959. The summed E-state index contributed by atoms with van der Waals surface area (Å²) in [6.45, 7) is 1.43. The molecule has 0 saturated carbocycles. The molecule has 2 aromatic rings. The van der Waals surface area contributed by atoms with E-state index in [0.717, 1.165) is 11.6 Å². The van der Waals surface area contributed by atoms with Gasteiger partial charge in [0.05, 0.1) is 0 Å². The van der Waals surface area contributed by atoms with Crippen LogP contribution in [0.25, 0.3) is 29.0 Å². The Kier molecular flexibility index (Phi) is 2.58. The molecule has 4 rings (SSSR count). The number of benzene rings is 2. The first-order valence-corrected chi connectivity index (χ1v) is 7.06. The van der Waals surface area contributed by atoms with Crippen LogP contribution < -0.4 is 10.4 Å². The molecule has 0 radical (unpaired) electrons. The van der Waals surface area contributed by atoms with Crippen LogP contribution in [0.2, 0.25) is 0 Å². The second kappa shape index (κ2) is 4.45. The van der Waals surface area contributed by atoms with Gasteiger partial charge in [-0.15, -0.1) is 0 Å². The minimum absolute atomic E-state index is 0.278. The van der Waals surface area contributed by atoms with Crippen LogP contribution in [0.1, 0.15) is 18.1 Å². The first-order valence-electron chi connectivity index (χ1n) is 7.06. The number of hydrogen-bond donors (Lipinski definition) is 0. The fourth-order valence-corrected chi connectivity index (χ4v) is 3.12. The molecular weight excluding hydrogens is 260 g/mol. The van der Waals surface area contributed by atoms with Crippen LogP contribution in [-0.4, -0.2) is 5.97 Å². The smallest absolute Gasteiger partial charge is 0.308 e. The molecule has 21 heavy (non-hydrogen) atoms. The summed E-state index contributed by atoms with van der Waals surface area (Å²) < 4.78 is 5.18. The van der Waals surface area contributed by atoms with Crippen LogP contribution in [-0.2, 0) is 16.0 Å². The lowest BCUT2D eigenvalue weighted by Crippen LogP contribution is -2.16. The van der Waals surface area contributed by atoms with E-state index in [1.165, 1.54) is 34.0 Å². The molecule has 0 aliphatic heterocycles. The molecule has 0 unspecified atom stereocenters. The Hall–Kier alpha value is -2.61. The van der Waals surface area contributed by atoms with Gasteiger partial charge in [0, 0.05) is 6.92 Å². The maximum Gasteiger partial charge on any atom is 0.308 e. The average Bonchev–Trinajstić information content (AvgIpc) is 2.94. The molecule has 2 nitrogen and oxygen atoms in total. The third kappa shape index (κ3) is 1.91. The highest BCUT2D eigenvalue weighted by atomic mass is 16.5. The maximum atomic E-state index is 11.1. The van der Waals surface area contributed by atoms with E-state index in [-0.39, 0.29) is 5.97 Å². The first kappa shape index (κ1) is 12.2. The quantitative estimate of drug-likeness (QED) is 0.747.